The molecule has 0 spiro atoms. The maximum Gasteiger partial charge on any atom is 0.243 e. The van der Waals surface area contributed by atoms with Crippen LogP contribution in [0.4, 0.5) is 0 Å². The molecule has 1 aromatic rings. The molecule has 2 atom stereocenters. The van der Waals surface area contributed by atoms with Crippen molar-refractivity contribution in [3.63, 3.8) is 0 Å². The molecule has 1 aliphatic heterocycles. The third-order valence-corrected chi connectivity index (χ3v) is 4.58. The quantitative estimate of drug-likeness (QED) is 0.739. The molecule has 0 aliphatic carbocycles. The molecule has 0 N–H and O–H groups in total. The topological polar surface area (TPSA) is 46.4 Å². The number of aryl methyl sites for hydroxylation is 1. The second-order valence-corrected chi connectivity index (χ2v) is 5.89. The largest absolute Gasteiger partial charge is 0.383 e. The van der Waals surface area contributed by atoms with E-state index >= 15 is 0 Å². The fraction of sp³-hybridized carbons (Fsp3) is 0.455. The maximum atomic E-state index is 12.1. The Morgan fingerprint density at radius 2 is 2.00 bits per heavy atom. The van der Waals surface area contributed by atoms with E-state index < -0.39 is 10.0 Å². The number of methoxy groups -OCH3 is 1. The van der Waals surface area contributed by atoms with Gasteiger partial charge in [-0.1, -0.05) is 17.7 Å². The molecule has 2 rings (SSSR count). The van der Waals surface area contributed by atoms with Gasteiger partial charge in [0.25, 0.3) is 0 Å². The highest BCUT2D eigenvalue weighted by Crippen LogP contribution is 2.28. The van der Waals surface area contributed by atoms with Crippen molar-refractivity contribution in [3.8, 4) is 0 Å². The monoisotopic (exact) mass is 241 g/mol. The van der Waals surface area contributed by atoms with Crippen molar-refractivity contribution in [2.24, 2.45) is 0 Å². The average molecular weight is 241 g/mol. The van der Waals surface area contributed by atoms with Crippen molar-refractivity contribution in [3.05, 3.63) is 29.8 Å². The molecule has 0 radical (unpaired) electrons. The predicted molar refractivity (Wildman–Crippen MR) is 60.7 cm³/mol. The lowest BCUT2D eigenvalue weighted by atomic mass is 10.2. The van der Waals surface area contributed by atoms with Gasteiger partial charge in [0.05, 0.1) is 17.5 Å². The molecule has 5 heteroatoms. The van der Waals surface area contributed by atoms with Crippen LogP contribution in [0.15, 0.2) is 29.2 Å². The Morgan fingerprint density at radius 3 is 2.56 bits per heavy atom. The van der Waals surface area contributed by atoms with Gasteiger partial charge in [0.15, 0.2) is 0 Å². The summed E-state index contributed by atoms with van der Waals surface area (Å²) in [5.74, 6) is 0. The average Bonchev–Trinajstić information content (AvgIpc) is 2.99. The highest BCUT2D eigenvalue weighted by Gasteiger charge is 2.44. The maximum absolute atomic E-state index is 12.1. The molecule has 88 valence electrons. The van der Waals surface area contributed by atoms with Crippen LogP contribution in [-0.4, -0.2) is 39.0 Å². The highest BCUT2D eigenvalue weighted by molar-refractivity contribution is 7.89. The Morgan fingerprint density at radius 1 is 1.38 bits per heavy atom. The molecular formula is C11H15NO3S. The summed E-state index contributed by atoms with van der Waals surface area (Å²) < 4.78 is 30.5. The molecule has 1 aromatic carbocycles. The summed E-state index contributed by atoms with van der Waals surface area (Å²) in [6.07, 6.45) is 0. The standard InChI is InChI=1S/C11H15NO3S/c1-9-3-5-11(6-4-9)16(13,14)12-7-10(12)8-15-2/h3-6,10H,7-8H2,1-2H3/t10-,12?/m0/s1. The van der Waals surface area contributed by atoms with Crippen molar-refractivity contribution in [1.82, 2.24) is 4.31 Å². The van der Waals surface area contributed by atoms with Gasteiger partial charge in [0, 0.05) is 13.7 Å². The summed E-state index contributed by atoms with van der Waals surface area (Å²) in [6, 6.07) is 6.92. The Kier molecular flexibility index (Phi) is 3.01. The molecule has 1 unspecified atom stereocenters. The van der Waals surface area contributed by atoms with Crippen LogP contribution in [0, 0.1) is 6.92 Å². The third kappa shape index (κ3) is 2.11. The molecule has 4 nitrogen and oxygen atoms in total. The van der Waals surface area contributed by atoms with Gasteiger partial charge in [0.1, 0.15) is 0 Å². The first-order valence-electron chi connectivity index (χ1n) is 5.13. The minimum absolute atomic E-state index is 0.0105. The molecule has 1 heterocycles. The van der Waals surface area contributed by atoms with Crippen LogP contribution >= 0.6 is 0 Å². The number of ether oxygens (including phenoxy) is 1. The number of benzene rings is 1. The van der Waals surface area contributed by atoms with Gasteiger partial charge in [-0.05, 0) is 19.1 Å². The number of sulfonamides is 1. The van der Waals surface area contributed by atoms with E-state index in [0.717, 1.165) is 5.56 Å². The Hall–Kier alpha value is -0.910. The number of rotatable bonds is 4. The van der Waals surface area contributed by atoms with Gasteiger partial charge in [-0.2, -0.15) is 4.31 Å². The Bertz CT molecular complexity index is 467. The van der Waals surface area contributed by atoms with Crippen molar-refractivity contribution in [1.29, 1.82) is 0 Å². The summed E-state index contributed by atoms with van der Waals surface area (Å²) >= 11 is 0. The van der Waals surface area contributed by atoms with Crippen LogP contribution in [0.25, 0.3) is 0 Å². The normalized spacial score (nSPS) is 24.4. The first-order valence-corrected chi connectivity index (χ1v) is 6.57. The van der Waals surface area contributed by atoms with Gasteiger partial charge in [-0.3, -0.25) is 0 Å². The third-order valence-electron chi connectivity index (χ3n) is 2.65. The summed E-state index contributed by atoms with van der Waals surface area (Å²) in [5.41, 5.74) is 1.05. The molecule has 0 bridgehead atoms. The zero-order chi connectivity index (χ0) is 11.8. The molecule has 16 heavy (non-hydrogen) atoms. The van der Waals surface area contributed by atoms with Gasteiger partial charge in [0.2, 0.25) is 10.0 Å². The van der Waals surface area contributed by atoms with Crippen LogP contribution in [0.1, 0.15) is 5.56 Å². The van der Waals surface area contributed by atoms with E-state index in [9.17, 15) is 8.42 Å². The second kappa shape index (κ2) is 4.16. The summed E-state index contributed by atoms with van der Waals surface area (Å²) in [7, 11) is -1.72. The molecule has 0 amide bonds. The number of hydrogen-bond donors (Lipinski definition) is 0. The zero-order valence-corrected chi connectivity index (χ0v) is 10.2. The molecular weight excluding hydrogens is 226 g/mol. The smallest absolute Gasteiger partial charge is 0.243 e. The van der Waals surface area contributed by atoms with Crippen LogP contribution in [0.3, 0.4) is 0 Å². The van der Waals surface area contributed by atoms with E-state index in [1.807, 2.05) is 19.1 Å². The lowest BCUT2D eigenvalue weighted by Gasteiger charge is -2.06. The lowest BCUT2D eigenvalue weighted by Crippen LogP contribution is -2.16. The lowest BCUT2D eigenvalue weighted by molar-refractivity contribution is 0.195. The van der Waals surface area contributed by atoms with E-state index in [4.69, 9.17) is 4.74 Å². The minimum atomic E-state index is -3.30. The van der Waals surface area contributed by atoms with Gasteiger partial charge in [-0.25, -0.2) is 8.42 Å². The van der Waals surface area contributed by atoms with Gasteiger partial charge in [-0.15, -0.1) is 0 Å². The number of nitrogens with zero attached hydrogens (tertiary/aromatic N) is 1. The van der Waals surface area contributed by atoms with E-state index in [1.165, 1.54) is 4.31 Å². The van der Waals surface area contributed by atoms with E-state index in [0.29, 0.717) is 18.0 Å². The molecule has 1 aliphatic rings. The van der Waals surface area contributed by atoms with Crippen LogP contribution in [-0.2, 0) is 14.8 Å². The van der Waals surface area contributed by atoms with Crippen LogP contribution < -0.4 is 0 Å². The first kappa shape index (κ1) is 11.6. The van der Waals surface area contributed by atoms with Crippen molar-refractivity contribution in [2.75, 3.05) is 20.3 Å². The second-order valence-electron chi connectivity index (χ2n) is 4.00. The van der Waals surface area contributed by atoms with E-state index in [1.54, 1.807) is 19.2 Å². The van der Waals surface area contributed by atoms with E-state index in [2.05, 4.69) is 0 Å². The highest BCUT2D eigenvalue weighted by atomic mass is 32.2. The molecule has 1 fully saturated rings. The van der Waals surface area contributed by atoms with Gasteiger partial charge < -0.3 is 4.74 Å². The van der Waals surface area contributed by atoms with Crippen molar-refractivity contribution >= 4 is 10.0 Å². The molecule has 1 saturated heterocycles. The fourth-order valence-corrected chi connectivity index (χ4v) is 3.20. The van der Waals surface area contributed by atoms with Crippen LogP contribution in [0.2, 0.25) is 0 Å². The summed E-state index contributed by atoms with van der Waals surface area (Å²) in [6.45, 7) is 2.96. The number of hydrogen-bond acceptors (Lipinski definition) is 3. The Balaban J connectivity index is 2.18. The Labute approximate surface area is 95.9 Å². The molecule has 0 saturated carbocycles. The fourth-order valence-electron chi connectivity index (χ4n) is 1.63. The predicted octanol–water partition coefficient (Wildman–Crippen LogP) is 1.01. The summed E-state index contributed by atoms with van der Waals surface area (Å²) in [5, 5.41) is 0. The zero-order valence-electron chi connectivity index (χ0n) is 9.38. The minimum Gasteiger partial charge on any atom is -0.383 e. The SMILES string of the molecule is COC[C@@H]1CN1S(=O)(=O)c1ccc(C)cc1. The van der Waals surface area contributed by atoms with E-state index in [-0.39, 0.29) is 6.04 Å². The van der Waals surface area contributed by atoms with Crippen molar-refractivity contribution < 1.29 is 13.2 Å². The van der Waals surface area contributed by atoms with Gasteiger partial charge >= 0.3 is 0 Å². The van der Waals surface area contributed by atoms with Crippen molar-refractivity contribution in [2.45, 2.75) is 17.9 Å². The van der Waals surface area contributed by atoms with Crippen LogP contribution in [0.5, 0.6) is 0 Å². The summed E-state index contributed by atoms with van der Waals surface area (Å²) in [4.78, 5) is 0.358. The molecule has 0 aromatic heterocycles. The first-order chi connectivity index (χ1) is 7.55.